The van der Waals surface area contributed by atoms with Crippen LogP contribution in [0.25, 0.3) is 0 Å². The van der Waals surface area contributed by atoms with E-state index in [-0.39, 0.29) is 11.6 Å². The van der Waals surface area contributed by atoms with Crippen LogP contribution in [0.1, 0.15) is 21.6 Å². The van der Waals surface area contributed by atoms with E-state index in [1.165, 1.54) is 12.1 Å². The Morgan fingerprint density at radius 1 is 1.25 bits per heavy atom. The number of aromatic nitrogens is 1. The predicted octanol–water partition coefficient (Wildman–Crippen LogP) is 2.63. The molecule has 0 spiro atoms. The molecule has 2 aromatic rings. The van der Waals surface area contributed by atoms with Crippen LogP contribution in [0.3, 0.4) is 0 Å². The average molecular weight is 346 g/mol. The largest absolute Gasteiger partial charge is 0.345 e. The summed E-state index contributed by atoms with van der Waals surface area (Å²) >= 11 is 1.62. The van der Waals surface area contributed by atoms with Gasteiger partial charge in [-0.05, 0) is 26.0 Å². The standard InChI is InChI=1S/C16H18N4O3S/c1-11-9-13(3-4-14(11)20(22)23)15(21)18-5-7-19(8-6-18)16-17-12(2)10-24-16/h3-4,9-10H,5-8H2,1-2H3. The minimum absolute atomic E-state index is 0.0375. The third kappa shape index (κ3) is 3.23. The third-order valence-electron chi connectivity index (χ3n) is 4.08. The highest BCUT2D eigenvalue weighted by Crippen LogP contribution is 2.23. The molecule has 0 saturated carbocycles. The lowest BCUT2D eigenvalue weighted by Gasteiger charge is -2.34. The van der Waals surface area contributed by atoms with E-state index in [0.29, 0.717) is 24.2 Å². The summed E-state index contributed by atoms with van der Waals surface area (Å²) in [7, 11) is 0. The number of rotatable bonds is 3. The number of carbonyl (C=O) groups excluding carboxylic acids is 1. The second-order valence-corrected chi connectivity index (χ2v) is 6.65. The van der Waals surface area contributed by atoms with Crippen molar-refractivity contribution in [2.24, 2.45) is 0 Å². The number of anilines is 1. The molecule has 1 aliphatic heterocycles. The molecule has 2 heterocycles. The monoisotopic (exact) mass is 346 g/mol. The molecule has 3 rings (SSSR count). The van der Waals surface area contributed by atoms with Crippen LogP contribution in [0, 0.1) is 24.0 Å². The predicted molar refractivity (Wildman–Crippen MR) is 92.8 cm³/mol. The first-order valence-electron chi connectivity index (χ1n) is 7.67. The lowest BCUT2D eigenvalue weighted by atomic mass is 10.1. The van der Waals surface area contributed by atoms with Crippen LogP contribution < -0.4 is 4.90 Å². The van der Waals surface area contributed by atoms with Crippen molar-refractivity contribution < 1.29 is 9.72 Å². The fraction of sp³-hybridized carbons (Fsp3) is 0.375. The van der Waals surface area contributed by atoms with Gasteiger partial charge in [-0.1, -0.05) is 0 Å². The van der Waals surface area contributed by atoms with Crippen molar-refractivity contribution in [1.82, 2.24) is 9.88 Å². The molecule has 0 radical (unpaired) electrons. The zero-order valence-electron chi connectivity index (χ0n) is 13.6. The maximum absolute atomic E-state index is 12.6. The molecule has 8 heteroatoms. The van der Waals surface area contributed by atoms with Crippen molar-refractivity contribution in [2.75, 3.05) is 31.1 Å². The molecule has 0 N–H and O–H groups in total. The fourth-order valence-electron chi connectivity index (χ4n) is 2.76. The molecule has 24 heavy (non-hydrogen) atoms. The van der Waals surface area contributed by atoms with Gasteiger partial charge in [-0.25, -0.2) is 4.98 Å². The summed E-state index contributed by atoms with van der Waals surface area (Å²) in [6.45, 7) is 6.34. The average Bonchev–Trinajstić information content (AvgIpc) is 3.00. The number of hydrogen-bond donors (Lipinski definition) is 0. The number of nitro groups is 1. The van der Waals surface area contributed by atoms with E-state index in [2.05, 4.69) is 9.88 Å². The zero-order valence-corrected chi connectivity index (χ0v) is 14.4. The van der Waals surface area contributed by atoms with Crippen molar-refractivity contribution in [3.63, 3.8) is 0 Å². The molecule has 1 aliphatic rings. The first-order valence-corrected chi connectivity index (χ1v) is 8.55. The second-order valence-electron chi connectivity index (χ2n) is 5.81. The molecule has 1 amide bonds. The van der Waals surface area contributed by atoms with Gasteiger partial charge in [-0.2, -0.15) is 0 Å². The Balaban J connectivity index is 1.67. The van der Waals surface area contributed by atoms with E-state index in [1.807, 2.05) is 12.3 Å². The SMILES string of the molecule is Cc1csc(N2CCN(C(=O)c3ccc([N+](=O)[O-])c(C)c3)CC2)n1. The van der Waals surface area contributed by atoms with Crippen LogP contribution in [0.15, 0.2) is 23.6 Å². The van der Waals surface area contributed by atoms with Crippen molar-refractivity contribution in [2.45, 2.75) is 13.8 Å². The molecule has 1 saturated heterocycles. The lowest BCUT2D eigenvalue weighted by Crippen LogP contribution is -2.48. The third-order valence-corrected chi connectivity index (χ3v) is 5.10. The van der Waals surface area contributed by atoms with Gasteiger partial charge < -0.3 is 9.80 Å². The summed E-state index contributed by atoms with van der Waals surface area (Å²) in [5.74, 6) is -0.0806. The van der Waals surface area contributed by atoms with Crippen molar-refractivity contribution in [1.29, 1.82) is 0 Å². The van der Waals surface area contributed by atoms with Gasteiger partial charge in [0.15, 0.2) is 5.13 Å². The smallest absolute Gasteiger partial charge is 0.272 e. The van der Waals surface area contributed by atoms with Crippen molar-refractivity contribution in [3.8, 4) is 0 Å². The van der Waals surface area contributed by atoms with Gasteiger partial charge in [0.2, 0.25) is 0 Å². The number of aryl methyl sites for hydroxylation is 2. The van der Waals surface area contributed by atoms with Crippen molar-refractivity contribution >= 4 is 28.1 Å². The van der Waals surface area contributed by atoms with Crippen LogP contribution >= 0.6 is 11.3 Å². The molecule has 7 nitrogen and oxygen atoms in total. The molecule has 0 aliphatic carbocycles. The summed E-state index contributed by atoms with van der Waals surface area (Å²) in [5, 5.41) is 13.9. The summed E-state index contributed by atoms with van der Waals surface area (Å²) in [4.78, 5) is 31.5. The summed E-state index contributed by atoms with van der Waals surface area (Å²) in [5.41, 5.74) is 2.05. The minimum atomic E-state index is -0.432. The number of carbonyl (C=O) groups is 1. The summed E-state index contributed by atoms with van der Waals surface area (Å²) in [6, 6.07) is 4.53. The maximum atomic E-state index is 12.6. The highest BCUT2D eigenvalue weighted by atomic mass is 32.1. The van der Waals surface area contributed by atoms with Gasteiger partial charge in [-0.3, -0.25) is 14.9 Å². The number of nitrogens with zero attached hydrogens (tertiary/aromatic N) is 4. The van der Waals surface area contributed by atoms with Gasteiger partial charge in [0, 0.05) is 48.8 Å². The number of thiazole rings is 1. The fourth-order valence-corrected chi connectivity index (χ4v) is 3.62. The van der Waals surface area contributed by atoms with Gasteiger partial charge in [0.1, 0.15) is 0 Å². The summed E-state index contributed by atoms with van der Waals surface area (Å²) in [6.07, 6.45) is 0. The normalized spacial score (nSPS) is 14.8. The second kappa shape index (κ2) is 6.56. The molecule has 126 valence electrons. The Hall–Kier alpha value is -2.48. The topological polar surface area (TPSA) is 79.6 Å². The number of nitro benzene ring substituents is 1. The van der Waals surface area contributed by atoms with Crippen LogP contribution in [-0.2, 0) is 0 Å². The van der Waals surface area contributed by atoms with Gasteiger partial charge in [0.25, 0.3) is 11.6 Å². The van der Waals surface area contributed by atoms with Crippen LogP contribution in [0.4, 0.5) is 10.8 Å². The molecule has 0 bridgehead atoms. The molecule has 1 aromatic carbocycles. The van der Waals surface area contributed by atoms with E-state index in [9.17, 15) is 14.9 Å². The maximum Gasteiger partial charge on any atom is 0.272 e. The van der Waals surface area contributed by atoms with E-state index >= 15 is 0 Å². The molecule has 0 atom stereocenters. The summed E-state index contributed by atoms with van der Waals surface area (Å²) < 4.78 is 0. The zero-order chi connectivity index (χ0) is 17.3. The Bertz CT molecular complexity index is 781. The van der Waals surface area contributed by atoms with Gasteiger partial charge in [0.05, 0.1) is 10.6 Å². The van der Waals surface area contributed by atoms with Gasteiger partial charge >= 0.3 is 0 Å². The molecule has 1 fully saturated rings. The lowest BCUT2D eigenvalue weighted by molar-refractivity contribution is -0.385. The van der Waals surface area contributed by atoms with Crippen LogP contribution in [0.2, 0.25) is 0 Å². The number of benzene rings is 1. The van der Waals surface area contributed by atoms with Crippen LogP contribution in [-0.4, -0.2) is 46.9 Å². The molecular weight excluding hydrogens is 328 g/mol. The quantitative estimate of drug-likeness (QED) is 0.630. The molecular formula is C16H18N4O3S. The Morgan fingerprint density at radius 2 is 1.96 bits per heavy atom. The first-order chi connectivity index (χ1) is 11.5. The van der Waals surface area contributed by atoms with Crippen LogP contribution in [0.5, 0.6) is 0 Å². The highest BCUT2D eigenvalue weighted by molar-refractivity contribution is 7.13. The number of hydrogen-bond acceptors (Lipinski definition) is 6. The van der Waals surface area contributed by atoms with E-state index < -0.39 is 4.92 Å². The molecule has 0 unspecified atom stereocenters. The van der Waals surface area contributed by atoms with E-state index in [1.54, 1.807) is 29.2 Å². The van der Waals surface area contributed by atoms with Crippen molar-refractivity contribution in [3.05, 3.63) is 50.5 Å². The Morgan fingerprint density at radius 3 is 2.50 bits per heavy atom. The minimum Gasteiger partial charge on any atom is -0.345 e. The Kier molecular flexibility index (Phi) is 4.48. The molecule has 1 aromatic heterocycles. The highest BCUT2D eigenvalue weighted by Gasteiger charge is 2.24. The van der Waals surface area contributed by atoms with Gasteiger partial charge in [-0.15, -0.1) is 11.3 Å². The Labute approximate surface area is 143 Å². The van der Waals surface area contributed by atoms with E-state index in [4.69, 9.17) is 0 Å². The number of amides is 1. The van der Waals surface area contributed by atoms with E-state index in [0.717, 1.165) is 23.9 Å². The number of piperazine rings is 1. The first kappa shape index (κ1) is 16.4.